The number of rotatable bonds is 5. The zero-order valence-corrected chi connectivity index (χ0v) is 14.3. The highest BCUT2D eigenvalue weighted by atomic mass is 79.9. The summed E-state index contributed by atoms with van der Waals surface area (Å²) in [6, 6.07) is 8.48. The summed E-state index contributed by atoms with van der Waals surface area (Å²) < 4.78 is 3.07. The topological polar surface area (TPSA) is 29.9 Å². The van der Waals surface area contributed by atoms with Crippen LogP contribution < -0.4 is 5.32 Å². The van der Waals surface area contributed by atoms with Crippen LogP contribution in [0.25, 0.3) is 0 Å². The summed E-state index contributed by atoms with van der Waals surface area (Å²) in [6.07, 6.45) is 0. The third kappa shape index (κ3) is 3.25. The number of nitrogens with zero attached hydrogens (tertiary/aromatic N) is 2. The summed E-state index contributed by atoms with van der Waals surface area (Å²) in [7, 11) is 0. The molecule has 20 heavy (non-hydrogen) atoms. The Kier molecular flexibility index (Phi) is 5.24. The minimum atomic E-state index is 0.238. The van der Waals surface area contributed by atoms with Gasteiger partial charge in [0.1, 0.15) is 0 Å². The van der Waals surface area contributed by atoms with E-state index >= 15 is 0 Å². The summed E-state index contributed by atoms with van der Waals surface area (Å²) in [4.78, 5) is 0. The van der Waals surface area contributed by atoms with E-state index in [0.717, 1.165) is 27.4 Å². The Morgan fingerprint density at radius 2 is 2.10 bits per heavy atom. The SMILES string of the molecule is CCn1nc(C)c(Cl)c1CN[C@@H](C)c1ccccc1Br. The molecule has 0 saturated carbocycles. The second-order valence-electron chi connectivity index (χ2n) is 4.79. The molecular weight excluding hydrogens is 338 g/mol. The lowest BCUT2D eigenvalue weighted by Crippen LogP contribution is -2.20. The number of hydrogen-bond acceptors (Lipinski definition) is 2. The van der Waals surface area contributed by atoms with E-state index in [1.165, 1.54) is 5.56 Å². The average Bonchev–Trinajstić information content (AvgIpc) is 2.72. The van der Waals surface area contributed by atoms with E-state index in [9.17, 15) is 0 Å². The van der Waals surface area contributed by atoms with Crippen molar-refractivity contribution in [1.29, 1.82) is 0 Å². The van der Waals surface area contributed by atoms with Gasteiger partial charge in [0.15, 0.2) is 0 Å². The van der Waals surface area contributed by atoms with Crippen LogP contribution in [0.3, 0.4) is 0 Å². The molecule has 1 atom stereocenters. The van der Waals surface area contributed by atoms with Gasteiger partial charge >= 0.3 is 0 Å². The zero-order chi connectivity index (χ0) is 14.7. The van der Waals surface area contributed by atoms with Crippen LogP contribution >= 0.6 is 27.5 Å². The predicted octanol–water partition coefficient (Wildman–Crippen LogP) is 4.48. The minimum absolute atomic E-state index is 0.238. The molecule has 0 radical (unpaired) electrons. The number of benzene rings is 1. The highest BCUT2D eigenvalue weighted by Gasteiger charge is 2.14. The van der Waals surface area contributed by atoms with Crippen molar-refractivity contribution in [1.82, 2.24) is 15.1 Å². The van der Waals surface area contributed by atoms with Crippen molar-refractivity contribution in [3.63, 3.8) is 0 Å². The van der Waals surface area contributed by atoms with Crippen LogP contribution in [0.15, 0.2) is 28.7 Å². The lowest BCUT2D eigenvalue weighted by molar-refractivity contribution is 0.530. The monoisotopic (exact) mass is 355 g/mol. The van der Waals surface area contributed by atoms with Crippen molar-refractivity contribution in [2.45, 2.75) is 39.9 Å². The summed E-state index contributed by atoms with van der Waals surface area (Å²) in [5, 5.41) is 8.70. The standard InChI is InChI=1S/C15H19BrClN3/c1-4-20-14(15(17)11(3)19-20)9-18-10(2)12-7-5-6-8-13(12)16/h5-8,10,18H,4,9H2,1-3H3/t10-/m0/s1. The molecule has 0 aliphatic carbocycles. The molecule has 0 aliphatic heterocycles. The van der Waals surface area contributed by atoms with E-state index in [1.807, 2.05) is 23.7 Å². The van der Waals surface area contributed by atoms with E-state index in [1.54, 1.807) is 0 Å². The molecule has 3 nitrogen and oxygen atoms in total. The van der Waals surface area contributed by atoms with E-state index in [0.29, 0.717) is 6.54 Å². The fourth-order valence-corrected chi connectivity index (χ4v) is 3.05. The molecule has 0 spiro atoms. The van der Waals surface area contributed by atoms with Gasteiger partial charge in [0.2, 0.25) is 0 Å². The van der Waals surface area contributed by atoms with E-state index in [-0.39, 0.29) is 6.04 Å². The largest absolute Gasteiger partial charge is 0.304 e. The van der Waals surface area contributed by atoms with Gasteiger partial charge in [-0.3, -0.25) is 4.68 Å². The number of hydrogen-bond donors (Lipinski definition) is 1. The van der Waals surface area contributed by atoms with Gasteiger partial charge in [0.25, 0.3) is 0 Å². The molecule has 1 aromatic carbocycles. The minimum Gasteiger partial charge on any atom is -0.304 e. The number of aromatic nitrogens is 2. The van der Waals surface area contributed by atoms with Gasteiger partial charge in [-0.25, -0.2) is 0 Å². The van der Waals surface area contributed by atoms with Crippen LogP contribution in [-0.2, 0) is 13.1 Å². The first-order valence-corrected chi connectivity index (χ1v) is 7.91. The fourth-order valence-electron chi connectivity index (χ4n) is 2.22. The number of nitrogens with one attached hydrogen (secondary N) is 1. The molecule has 108 valence electrons. The first-order chi connectivity index (χ1) is 9.54. The molecule has 1 heterocycles. The Balaban J connectivity index is 2.11. The van der Waals surface area contributed by atoms with Crippen molar-refractivity contribution in [3.8, 4) is 0 Å². The number of aryl methyl sites for hydroxylation is 2. The van der Waals surface area contributed by atoms with Crippen LogP contribution in [-0.4, -0.2) is 9.78 Å². The number of halogens is 2. The van der Waals surface area contributed by atoms with Gasteiger partial charge in [0.05, 0.1) is 16.4 Å². The van der Waals surface area contributed by atoms with Crippen molar-refractivity contribution in [2.75, 3.05) is 0 Å². The Morgan fingerprint density at radius 3 is 2.75 bits per heavy atom. The fraction of sp³-hybridized carbons (Fsp3) is 0.400. The van der Waals surface area contributed by atoms with Gasteiger partial charge < -0.3 is 5.32 Å². The highest BCUT2D eigenvalue weighted by Crippen LogP contribution is 2.24. The first-order valence-electron chi connectivity index (χ1n) is 6.74. The maximum atomic E-state index is 6.32. The lowest BCUT2D eigenvalue weighted by atomic mass is 10.1. The van der Waals surface area contributed by atoms with Crippen molar-refractivity contribution >= 4 is 27.5 Å². The molecule has 0 saturated heterocycles. The molecule has 0 unspecified atom stereocenters. The summed E-state index contributed by atoms with van der Waals surface area (Å²) in [6.45, 7) is 7.69. The Morgan fingerprint density at radius 1 is 1.40 bits per heavy atom. The quantitative estimate of drug-likeness (QED) is 0.856. The summed E-state index contributed by atoms with van der Waals surface area (Å²) in [5.41, 5.74) is 3.17. The highest BCUT2D eigenvalue weighted by molar-refractivity contribution is 9.10. The Bertz CT molecular complexity index is 595. The van der Waals surface area contributed by atoms with E-state index in [4.69, 9.17) is 11.6 Å². The Hall–Kier alpha value is -0.840. The molecule has 1 aromatic heterocycles. The van der Waals surface area contributed by atoms with Gasteiger partial charge in [-0.2, -0.15) is 5.10 Å². The third-order valence-corrected chi connectivity index (χ3v) is 4.61. The normalized spacial score (nSPS) is 12.7. The van der Waals surface area contributed by atoms with Crippen LogP contribution in [0.1, 0.15) is 36.8 Å². The van der Waals surface area contributed by atoms with Crippen LogP contribution in [0.2, 0.25) is 5.02 Å². The molecule has 5 heteroatoms. The molecule has 2 aromatic rings. The molecule has 0 fully saturated rings. The third-order valence-electron chi connectivity index (χ3n) is 3.40. The molecule has 0 aliphatic rings. The maximum Gasteiger partial charge on any atom is 0.0860 e. The van der Waals surface area contributed by atoms with E-state index in [2.05, 4.69) is 52.3 Å². The van der Waals surface area contributed by atoms with Crippen molar-refractivity contribution < 1.29 is 0 Å². The van der Waals surface area contributed by atoms with Crippen LogP contribution in [0.4, 0.5) is 0 Å². The second kappa shape index (κ2) is 6.74. The zero-order valence-electron chi connectivity index (χ0n) is 12.0. The van der Waals surface area contributed by atoms with E-state index < -0.39 is 0 Å². The van der Waals surface area contributed by atoms with Crippen LogP contribution in [0, 0.1) is 6.92 Å². The van der Waals surface area contributed by atoms with Gasteiger partial charge in [-0.05, 0) is 32.4 Å². The summed E-state index contributed by atoms with van der Waals surface area (Å²) >= 11 is 9.91. The lowest BCUT2D eigenvalue weighted by Gasteiger charge is -2.16. The smallest absolute Gasteiger partial charge is 0.0860 e. The van der Waals surface area contributed by atoms with Gasteiger partial charge in [-0.15, -0.1) is 0 Å². The average molecular weight is 357 g/mol. The predicted molar refractivity (Wildman–Crippen MR) is 87.0 cm³/mol. The van der Waals surface area contributed by atoms with Crippen LogP contribution in [0.5, 0.6) is 0 Å². The molecule has 2 rings (SSSR count). The molecule has 0 bridgehead atoms. The summed E-state index contributed by atoms with van der Waals surface area (Å²) in [5.74, 6) is 0. The van der Waals surface area contributed by atoms with Crippen molar-refractivity contribution in [2.24, 2.45) is 0 Å². The molecule has 0 amide bonds. The molecule has 1 N–H and O–H groups in total. The molecular formula is C15H19BrClN3. The van der Waals surface area contributed by atoms with Gasteiger partial charge in [0, 0.05) is 23.6 Å². The first kappa shape index (κ1) is 15.5. The Labute approximate surface area is 133 Å². The maximum absolute atomic E-state index is 6.32. The second-order valence-corrected chi connectivity index (χ2v) is 6.02. The van der Waals surface area contributed by atoms with Gasteiger partial charge in [-0.1, -0.05) is 45.7 Å². The van der Waals surface area contributed by atoms with Crippen molar-refractivity contribution in [3.05, 3.63) is 50.7 Å².